The van der Waals surface area contributed by atoms with Crippen molar-refractivity contribution < 1.29 is 9.50 Å². The lowest BCUT2D eigenvalue weighted by Crippen LogP contribution is -2.35. The predicted molar refractivity (Wildman–Crippen MR) is 72.9 cm³/mol. The normalized spacial score (nSPS) is 14.8. The molecule has 0 heterocycles. The highest BCUT2D eigenvalue weighted by molar-refractivity contribution is 5.19. The van der Waals surface area contributed by atoms with Gasteiger partial charge >= 0.3 is 0 Å². The minimum atomic E-state index is -0.581. The maximum absolute atomic E-state index is 12.8. The Balaban J connectivity index is 2.55. The SMILES string of the molecule is CCC(NCCC(C)C)C(O)c1ccc(F)cc1. The summed E-state index contributed by atoms with van der Waals surface area (Å²) in [6.45, 7) is 7.30. The van der Waals surface area contributed by atoms with Crippen LogP contribution in [0.1, 0.15) is 45.3 Å². The van der Waals surface area contributed by atoms with Crippen molar-refractivity contribution in [2.24, 2.45) is 5.92 Å². The van der Waals surface area contributed by atoms with Crippen molar-refractivity contribution in [3.8, 4) is 0 Å². The lowest BCUT2D eigenvalue weighted by molar-refractivity contribution is 0.125. The molecule has 0 bridgehead atoms. The molecule has 0 fully saturated rings. The van der Waals surface area contributed by atoms with Gasteiger partial charge in [0.25, 0.3) is 0 Å². The number of halogens is 1. The number of rotatable bonds is 7. The third-order valence-corrected chi connectivity index (χ3v) is 3.16. The van der Waals surface area contributed by atoms with Gasteiger partial charge in [0.15, 0.2) is 0 Å². The van der Waals surface area contributed by atoms with Gasteiger partial charge in [0, 0.05) is 6.04 Å². The summed E-state index contributed by atoms with van der Waals surface area (Å²) in [4.78, 5) is 0. The van der Waals surface area contributed by atoms with Crippen LogP contribution >= 0.6 is 0 Å². The van der Waals surface area contributed by atoms with Crippen LogP contribution in [0.4, 0.5) is 4.39 Å². The molecule has 2 atom stereocenters. The number of nitrogens with one attached hydrogen (secondary N) is 1. The van der Waals surface area contributed by atoms with Gasteiger partial charge in [-0.15, -0.1) is 0 Å². The smallest absolute Gasteiger partial charge is 0.123 e. The van der Waals surface area contributed by atoms with Crippen molar-refractivity contribution in [3.05, 3.63) is 35.6 Å². The average molecular weight is 253 g/mol. The van der Waals surface area contributed by atoms with E-state index in [4.69, 9.17) is 0 Å². The summed E-state index contributed by atoms with van der Waals surface area (Å²) in [5, 5.41) is 13.6. The second-order valence-corrected chi connectivity index (χ2v) is 5.15. The Hall–Kier alpha value is -0.930. The van der Waals surface area contributed by atoms with Gasteiger partial charge in [-0.05, 0) is 43.0 Å². The molecule has 102 valence electrons. The molecule has 0 saturated carbocycles. The second-order valence-electron chi connectivity index (χ2n) is 5.15. The zero-order valence-electron chi connectivity index (χ0n) is 11.5. The van der Waals surface area contributed by atoms with Gasteiger partial charge in [0.2, 0.25) is 0 Å². The van der Waals surface area contributed by atoms with Crippen LogP contribution in [-0.4, -0.2) is 17.7 Å². The number of aliphatic hydroxyl groups is 1. The number of hydrogen-bond donors (Lipinski definition) is 2. The molecule has 0 amide bonds. The van der Waals surface area contributed by atoms with Crippen LogP contribution in [0.15, 0.2) is 24.3 Å². The summed E-state index contributed by atoms with van der Waals surface area (Å²) < 4.78 is 12.8. The van der Waals surface area contributed by atoms with Gasteiger partial charge in [-0.25, -0.2) is 4.39 Å². The monoisotopic (exact) mass is 253 g/mol. The fourth-order valence-electron chi connectivity index (χ4n) is 1.93. The minimum absolute atomic E-state index is 0.0224. The summed E-state index contributed by atoms with van der Waals surface area (Å²) in [6.07, 6.45) is 1.35. The van der Waals surface area contributed by atoms with Gasteiger partial charge in [-0.2, -0.15) is 0 Å². The molecule has 2 unspecified atom stereocenters. The average Bonchev–Trinajstić information content (AvgIpc) is 2.34. The Bertz CT molecular complexity index is 337. The van der Waals surface area contributed by atoms with Crippen LogP contribution in [0.3, 0.4) is 0 Å². The van der Waals surface area contributed by atoms with E-state index in [0.717, 1.165) is 24.9 Å². The maximum atomic E-state index is 12.8. The van der Waals surface area contributed by atoms with E-state index < -0.39 is 6.10 Å². The van der Waals surface area contributed by atoms with E-state index in [9.17, 15) is 9.50 Å². The topological polar surface area (TPSA) is 32.3 Å². The Morgan fingerprint density at radius 1 is 1.22 bits per heavy atom. The van der Waals surface area contributed by atoms with Gasteiger partial charge in [-0.1, -0.05) is 32.9 Å². The molecular formula is C15H24FNO. The Labute approximate surface area is 109 Å². The van der Waals surface area contributed by atoms with Crippen molar-refractivity contribution in [3.63, 3.8) is 0 Å². The first-order valence-corrected chi connectivity index (χ1v) is 6.71. The fraction of sp³-hybridized carbons (Fsp3) is 0.600. The summed E-state index contributed by atoms with van der Waals surface area (Å²) in [5.74, 6) is 0.379. The van der Waals surface area contributed by atoms with Crippen molar-refractivity contribution in [1.29, 1.82) is 0 Å². The molecule has 0 aromatic heterocycles. The largest absolute Gasteiger partial charge is 0.387 e. The van der Waals surface area contributed by atoms with Crippen LogP contribution in [0.2, 0.25) is 0 Å². The highest BCUT2D eigenvalue weighted by atomic mass is 19.1. The molecule has 0 spiro atoms. The van der Waals surface area contributed by atoms with Gasteiger partial charge in [0.1, 0.15) is 5.82 Å². The maximum Gasteiger partial charge on any atom is 0.123 e. The van der Waals surface area contributed by atoms with Crippen molar-refractivity contribution in [2.45, 2.75) is 45.8 Å². The first-order chi connectivity index (χ1) is 8.54. The lowest BCUT2D eigenvalue weighted by atomic mass is 10.00. The van der Waals surface area contributed by atoms with E-state index in [2.05, 4.69) is 19.2 Å². The van der Waals surface area contributed by atoms with Crippen molar-refractivity contribution >= 4 is 0 Å². The second kappa shape index (κ2) is 7.49. The zero-order chi connectivity index (χ0) is 13.5. The van der Waals surface area contributed by atoms with E-state index in [0.29, 0.717) is 5.92 Å². The molecule has 3 heteroatoms. The highest BCUT2D eigenvalue weighted by Crippen LogP contribution is 2.19. The third-order valence-electron chi connectivity index (χ3n) is 3.16. The Morgan fingerprint density at radius 3 is 2.33 bits per heavy atom. The van der Waals surface area contributed by atoms with E-state index in [1.165, 1.54) is 12.1 Å². The zero-order valence-corrected chi connectivity index (χ0v) is 11.5. The third kappa shape index (κ3) is 4.75. The molecule has 18 heavy (non-hydrogen) atoms. The molecule has 2 N–H and O–H groups in total. The summed E-state index contributed by atoms with van der Waals surface area (Å²) >= 11 is 0. The summed E-state index contributed by atoms with van der Waals surface area (Å²) in [6, 6.07) is 6.09. The molecule has 1 rings (SSSR count). The van der Waals surface area contributed by atoms with E-state index in [1.54, 1.807) is 12.1 Å². The molecular weight excluding hydrogens is 229 g/mol. The molecule has 0 saturated heterocycles. The molecule has 0 aliphatic carbocycles. The summed E-state index contributed by atoms with van der Waals surface area (Å²) in [7, 11) is 0. The van der Waals surface area contributed by atoms with Gasteiger partial charge in [-0.3, -0.25) is 0 Å². The number of benzene rings is 1. The molecule has 0 aliphatic heterocycles. The molecule has 1 aromatic rings. The molecule has 2 nitrogen and oxygen atoms in total. The van der Waals surface area contributed by atoms with E-state index in [-0.39, 0.29) is 11.9 Å². The lowest BCUT2D eigenvalue weighted by Gasteiger charge is -2.23. The van der Waals surface area contributed by atoms with E-state index in [1.807, 2.05) is 6.92 Å². The minimum Gasteiger partial charge on any atom is -0.387 e. The summed E-state index contributed by atoms with van der Waals surface area (Å²) in [5.41, 5.74) is 0.764. The first kappa shape index (κ1) is 15.1. The standard InChI is InChI=1S/C15H24FNO/c1-4-14(17-10-9-11(2)3)15(18)12-5-7-13(16)8-6-12/h5-8,11,14-15,17-18H,4,9-10H2,1-3H3. The van der Waals surface area contributed by atoms with Crippen molar-refractivity contribution in [1.82, 2.24) is 5.32 Å². The van der Waals surface area contributed by atoms with Gasteiger partial charge < -0.3 is 10.4 Å². The van der Waals surface area contributed by atoms with Crippen LogP contribution < -0.4 is 5.32 Å². The first-order valence-electron chi connectivity index (χ1n) is 6.71. The number of aliphatic hydroxyl groups excluding tert-OH is 1. The highest BCUT2D eigenvalue weighted by Gasteiger charge is 2.18. The fourth-order valence-corrected chi connectivity index (χ4v) is 1.93. The van der Waals surface area contributed by atoms with Crippen molar-refractivity contribution in [2.75, 3.05) is 6.54 Å². The van der Waals surface area contributed by atoms with Gasteiger partial charge in [0.05, 0.1) is 6.10 Å². The van der Waals surface area contributed by atoms with Crippen LogP contribution in [-0.2, 0) is 0 Å². The molecule has 0 radical (unpaired) electrons. The van der Waals surface area contributed by atoms with E-state index >= 15 is 0 Å². The van der Waals surface area contributed by atoms with Crippen LogP contribution in [0.5, 0.6) is 0 Å². The van der Waals surface area contributed by atoms with Crippen LogP contribution in [0.25, 0.3) is 0 Å². The van der Waals surface area contributed by atoms with Crippen LogP contribution in [0, 0.1) is 11.7 Å². The molecule has 1 aromatic carbocycles. The molecule has 0 aliphatic rings. The Morgan fingerprint density at radius 2 is 1.83 bits per heavy atom. The quantitative estimate of drug-likeness (QED) is 0.781. The Kier molecular flexibility index (Phi) is 6.30. The predicted octanol–water partition coefficient (Wildman–Crippen LogP) is 3.27. The number of hydrogen-bond acceptors (Lipinski definition) is 2.